The minimum absolute atomic E-state index is 0.0280. The second kappa shape index (κ2) is 17.4. The monoisotopic (exact) mass is 655 g/mol. The number of rotatable bonds is 20. The summed E-state index contributed by atoms with van der Waals surface area (Å²) in [5.41, 5.74) is -2.24. The van der Waals surface area contributed by atoms with Gasteiger partial charge in [-0.15, -0.1) is 0 Å². The van der Waals surface area contributed by atoms with Gasteiger partial charge >= 0.3 is 12.1 Å². The molecule has 1 rings (SSSR count). The molecule has 45 heavy (non-hydrogen) atoms. The van der Waals surface area contributed by atoms with Crippen molar-refractivity contribution in [1.29, 1.82) is 0 Å². The number of esters is 1. The quantitative estimate of drug-likeness (QED) is 0.0606. The van der Waals surface area contributed by atoms with Gasteiger partial charge in [0.2, 0.25) is 17.4 Å². The molecule has 0 aromatic heterocycles. The fraction of sp³-hybridized carbons (Fsp3) is 0.742. The van der Waals surface area contributed by atoms with E-state index in [0.29, 0.717) is 19.4 Å². The van der Waals surface area contributed by atoms with Crippen LogP contribution in [0.1, 0.15) is 74.7 Å². The second-order valence-electron chi connectivity index (χ2n) is 13.0. The Morgan fingerprint density at radius 1 is 0.733 bits per heavy atom. The molecule has 1 aromatic carbocycles. The molecule has 0 unspecified atom stereocenters. The summed E-state index contributed by atoms with van der Waals surface area (Å²) in [5, 5.41) is 2.21. The predicted octanol–water partition coefficient (Wildman–Crippen LogP) is 5.87. The van der Waals surface area contributed by atoms with Crippen molar-refractivity contribution in [2.75, 3.05) is 47.3 Å². The van der Waals surface area contributed by atoms with Crippen LogP contribution in [0.4, 0.5) is 22.4 Å². The molecule has 0 bridgehead atoms. The second-order valence-corrected chi connectivity index (χ2v) is 13.0. The fourth-order valence-electron chi connectivity index (χ4n) is 3.32. The minimum atomic E-state index is -1.92. The van der Waals surface area contributed by atoms with E-state index in [1.165, 1.54) is 0 Å². The molecule has 0 saturated carbocycles. The Hall–Kier alpha value is -2.52. The number of carbonyl (C=O) groups excluding carboxylic acids is 2. The van der Waals surface area contributed by atoms with Gasteiger partial charge in [-0.2, -0.15) is 8.78 Å². The topological polar surface area (TPSA) is 111 Å². The van der Waals surface area contributed by atoms with E-state index in [0.717, 1.165) is 0 Å². The lowest BCUT2D eigenvalue weighted by molar-refractivity contribution is -0.139. The van der Waals surface area contributed by atoms with Crippen LogP contribution in [-0.2, 0) is 33.2 Å². The largest absolute Gasteiger partial charge is 0.449 e. The maximum absolute atomic E-state index is 14.2. The molecule has 0 spiro atoms. The highest BCUT2D eigenvalue weighted by Crippen LogP contribution is 2.27. The molecule has 10 nitrogen and oxygen atoms in total. The van der Waals surface area contributed by atoms with Crippen LogP contribution in [0.5, 0.6) is 5.75 Å². The summed E-state index contributed by atoms with van der Waals surface area (Å²) in [6, 6.07) is -1.69. The number of methoxy groups -OCH3 is 2. The number of carbonyl (C=O) groups is 2. The average molecular weight is 656 g/mol. The van der Waals surface area contributed by atoms with E-state index in [2.05, 4.69) is 10.1 Å². The van der Waals surface area contributed by atoms with E-state index in [9.17, 15) is 27.2 Å². The molecule has 0 heterocycles. The van der Waals surface area contributed by atoms with E-state index in [-0.39, 0.29) is 37.9 Å². The van der Waals surface area contributed by atoms with Gasteiger partial charge in [-0.1, -0.05) is 0 Å². The summed E-state index contributed by atoms with van der Waals surface area (Å²) >= 11 is 0. The Labute approximate surface area is 263 Å². The molecule has 1 atom stereocenters. The third kappa shape index (κ3) is 15.1. The third-order valence-corrected chi connectivity index (χ3v) is 7.03. The van der Waals surface area contributed by atoms with E-state index in [1.54, 1.807) is 28.1 Å². The highest BCUT2D eigenvalue weighted by molar-refractivity contribution is 5.83. The molecule has 0 saturated heterocycles. The Morgan fingerprint density at radius 3 is 1.80 bits per heavy atom. The number of amides is 1. The van der Waals surface area contributed by atoms with Crippen LogP contribution in [-0.4, -0.2) is 87.8 Å². The third-order valence-electron chi connectivity index (χ3n) is 7.03. The maximum atomic E-state index is 14.2. The van der Waals surface area contributed by atoms with Crippen LogP contribution in [0.15, 0.2) is 6.07 Å². The number of hydrogen-bond acceptors (Lipinski definition) is 9. The van der Waals surface area contributed by atoms with Gasteiger partial charge in [0, 0.05) is 33.3 Å². The van der Waals surface area contributed by atoms with Crippen molar-refractivity contribution in [3.63, 3.8) is 0 Å². The van der Waals surface area contributed by atoms with Crippen molar-refractivity contribution in [2.45, 2.75) is 103 Å². The smallest absolute Gasteiger partial charge is 0.407 e. The molecule has 14 heteroatoms. The lowest BCUT2D eigenvalue weighted by atomic mass is 10.0. The highest BCUT2D eigenvalue weighted by Gasteiger charge is 2.30. The summed E-state index contributed by atoms with van der Waals surface area (Å²) in [5.74, 6) is -10.4. The first kappa shape index (κ1) is 40.5. The van der Waals surface area contributed by atoms with Crippen molar-refractivity contribution >= 4 is 12.1 Å². The molecule has 1 aromatic rings. The zero-order valence-corrected chi connectivity index (χ0v) is 28.0. The van der Waals surface area contributed by atoms with Gasteiger partial charge in [0.25, 0.3) is 0 Å². The SMILES string of the molecule is COC(C)(C)CCOC(C)(C)CCOC[C@H](NC(=O)OCCC(C)(C)OCC(C)(C)OC)C(=O)Oc1c(F)c(F)cc(F)c1F. The maximum Gasteiger partial charge on any atom is 0.407 e. The standard InChI is InChI=1S/C31H49F4NO9/c1-28(2,39-9)13-16-43-29(3,4)11-14-41-18-22(26(37)45-25-23(34)20(32)17-21(33)24(25)35)36-27(38)42-15-12-30(5,6)44-19-31(7,8)40-10/h17,22H,11-16,18-19H2,1-10H3,(H,36,38)/t22-/m0/s1. The van der Waals surface area contributed by atoms with Crippen LogP contribution < -0.4 is 10.1 Å². The summed E-state index contributed by atoms with van der Waals surface area (Å²) in [6.07, 6.45) is 0.182. The lowest BCUT2D eigenvalue weighted by Crippen LogP contribution is -2.47. The van der Waals surface area contributed by atoms with Crippen LogP contribution in [0, 0.1) is 23.3 Å². The van der Waals surface area contributed by atoms with E-state index in [4.69, 9.17) is 28.4 Å². The van der Waals surface area contributed by atoms with Crippen molar-refractivity contribution < 1.29 is 60.3 Å². The average Bonchev–Trinajstić information content (AvgIpc) is 2.94. The number of nitrogens with one attached hydrogen (secondary N) is 1. The molecule has 260 valence electrons. The molecule has 1 amide bonds. The Balaban J connectivity index is 2.86. The summed E-state index contributed by atoms with van der Waals surface area (Å²) in [4.78, 5) is 25.4. The fourth-order valence-corrected chi connectivity index (χ4v) is 3.32. The van der Waals surface area contributed by atoms with E-state index >= 15 is 0 Å². The molecule has 0 fully saturated rings. The summed E-state index contributed by atoms with van der Waals surface area (Å²) in [6.45, 7) is 14.9. The first-order valence-corrected chi connectivity index (χ1v) is 14.6. The molecular weight excluding hydrogens is 606 g/mol. The number of benzene rings is 1. The molecule has 1 N–H and O–H groups in total. The van der Waals surface area contributed by atoms with E-state index < -0.39 is 70.5 Å². The van der Waals surface area contributed by atoms with Gasteiger partial charge in [0.05, 0.1) is 48.8 Å². The highest BCUT2D eigenvalue weighted by atomic mass is 19.2. The first-order valence-electron chi connectivity index (χ1n) is 14.6. The normalized spacial score (nSPS) is 13.5. The number of halogens is 4. The van der Waals surface area contributed by atoms with Crippen molar-refractivity contribution in [3.8, 4) is 5.75 Å². The van der Waals surface area contributed by atoms with Gasteiger partial charge in [-0.3, -0.25) is 0 Å². The number of alkyl carbamates (subject to hydrolysis) is 1. The zero-order chi connectivity index (χ0) is 34.6. The molecule has 0 radical (unpaired) electrons. The van der Waals surface area contributed by atoms with Gasteiger partial charge < -0.3 is 38.5 Å². The van der Waals surface area contributed by atoms with Crippen molar-refractivity contribution in [3.05, 3.63) is 29.3 Å². The first-order chi connectivity index (χ1) is 20.6. The van der Waals surface area contributed by atoms with E-state index in [1.807, 2.05) is 41.5 Å². The van der Waals surface area contributed by atoms with Crippen molar-refractivity contribution in [1.82, 2.24) is 5.32 Å². The predicted molar refractivity (Wildman–Crippen MR) is 157 cm³/mol. The Kier molecular flexibility index (Phi) is 15.7. The number of ether oxygens (including phenoxy) is 7. The van der Waals surface area contributed by atoms with Gasteiger partial charge in [-0.05, 0) is 68.2 Å². The zero-order valence-electron chi connectivity index (χ0n) is 28.0. The Morgan fingerprint density at radius 2 is 1.24 bits per heavy atom. The molecule has 0 aliphatic rings. The van der Waals surface area contributed by atoms with Crippen LogP contribution >= 0.6 is 0 Å². The number of hydrogen-bond donors (Lipinski definition) is 1. The van der Waals surface area contributed by atoms with Crippen molar-refractivity contribution in [2.24, 2.45) is 0 Å². The summed E-state index contributed by atoms with van der Waals surface area (Å²) in [7, 11) is 3.17. The van der Waals surface area contributed by atoms with Gasteiger partial charge in [-0.25, -0.2) is 18.4 Å². The molecular formula is C31H49F4NO9. The van der Waals surface area contributed by atoms with Crippen LogP contribution in [0.2, 0.25) is 0 Å². The Bertz CT molecular complexity index is 1090. The lowest BCUT2D eigenvalue weighted by Gasteiger charge is -2.31. The van der Waals surface area contributed by atoms with Crippen LogP contribution in [0.3, 0.4) is 0 Å². The van der Waals surface area contributed by atoms with Gasteiger partial charge in [0.1, 0.15) is 0 Å². The molecule has 0 aliphatic heterocycles. The minimum Gasteiger partial charge on any atom is -0.449 e. The van der Waals surface area contributed by atoms with Gasteiger partial charge in [0.15, 0.2) is 17.7 Å². The molecule has 0 aliphatic carbocycles. The summed E-state index contributed by atoms with van der Waals surface area (Å²) < 4.78 is 93.5. The van der Waals surface area contributed by atoms with Crippen LogP contribution in [0.25, 0.3) is 0 Å².